The summed E-state index contributed by atoms with van der Waals surface area (Å²) in [6, 6.07) is 5.20. The van der Waals surface area contributed by atoms with Gasteiger partial charge >= 0.3 is 0 Å². The zero-order valence-electron chi connectivity index (χ0n) is 13.4. The maximum Gasteiger partial charge on any atom is 0.223 e. The van der Waals surface area contributed by atoms with Gasteiger partial charge in [0.05, 0.1) is 19.1 Å². The highest BCUT2D eigenvalue weighted by molar-refractivity contribution is 5.44. The Balaban J connectivity index is 1.82. The van der Waals surface area contributed by atoms with Gasteiger partial charge < -0.3 is 9.47 Å². The fourth-order valence-electron chi connectivity index (χ4n) is 3.59. The Morgan fingerprint density at radius 2 is 1.87 bits per heavy atom. The number of hydrogen-bond donors (Lipinski definition) is 0. The minimum Gasteiger partial charge on any atom is -0.493 e. The largest absolute Gasteiger partial charge is 0.493 e. The summed E-state index contributed by atoms with van der Waals surface area (Å²) in [4.78, 5) is 11.1. The molecule has 23 heavy (non-hydrogen) atoms. The summed E-state index contributed by atoms with van der Waals surface area (Å²) < 4.78 is 11.5. The van der Waals surface area contributed by atoms with Crippen molar-refractivity contribution in [3.63, 3.8) is 0 Å². The Morgan fingerprint density at radius 1 is 1.13 bits per heavy atom. The Kier molecular flexibility index (Phi) is 4.84. The molecule has 0 N–H and O–H groups in total. The molecule has 5 heteroatoms. The van der Waals surface area contributed by atoms with Crippen LogP contribution >= 0.6 is 0 Å². The molecule has 0 aromatic heterocycles. The molecule has 1 fully saturated rings. The lowest BCUT2D eigenvalue weighted by Crippen LogP contribution is -2.28. The van der Waals surface area contributed by atoms with Crippen molar-refractivity contribution in [3.05, 3.63) is 46.0 Å². The molecule has 1 saturated carbocycles. The van der Waals surface area contributed by atoms with Gasteiger partial charge in [0.25, 0.3) is 0 Å². The number of rotatable bonds is 5. The number of nitrogens with zero attached hydrogens (tertiary/aromatic N) is 1. The summed E-state index contributed by atoms with van der Waals surface area (Å²) >= 11 is 0. The highest BCUT2D eigenvalue weighted by Crippen LogP contribution is 2.38. The minimum atomic E-state index is -0.564. The SMILES string of the molecule is COc1cc(C2CC=CCC2[N+](=O)[O-])ccc1OC1CCCC1. The van der Waals surface area contributed by atoms with Gasteiger partial charge in [-0.25, -0.2) is 0 Å². The second kappa shape index (κ2) is 7.02. The Hall–Kier alpha value is -2.04. The summed E-state index contributed by atoms with van der Waals surface area (Å²) in [5.41, 5.74) is 0.951. The zero-order chi connectivity index (χ0) is 16.2. The van der Waals surface area contributed by atoms with Crippen molar-refractivity contribution in [3.8, 4) is 11.5 Å². The van der Waals surface area contributed by atoms with E-state index >= 15 is 0 Å². The van der Waals surface area contributed by atoms with E-state index in [0.29, 0.717) is 18.6 Å². The molecule has 124 valence electrons. The van der Waals surface area contributed by atoms with Crippen LogP contribution in [0.3, 0.4) is 0 Å². The molecule has 2 aliphatic carbocycles. The first kappa shape index (κ1) is 15.8. The number of benzene rings is 1. The molecule has 1 aromatic rings. The molecule has 1 aromatic carbocycles. The van der Waals surface area contributed by atoms with Crippen LogP contribution in [-0.4, -0.2) is 24.2 Å². The molecule has 3 rings (SSSR count). The van der Waals surface area contributed by atoms with Crippen LogP contribution in [0.2, 0.25) is 0 Å². The first-order chi connectivity index (χ1) is 11.2. The molecule has 0 bridgehead atoms. The van der Waals surface area contributed by atoms with E-state index in [0.717, 1.165) is 24.2 Å². The third kappa shape index (κ3) is 3.49. The zero-order valence-corrected chi connectivity index (χ0v) is 13.4. The number of nitro groups is 1. The van der Waals surface area contributed by atoms with Crippen molar-refractivity contribution < 1.29 is 14.4 Å². The molecule has 0 radical (unpaired) electrons. The van der Waals surface area contributed by atoms with E-state index in [1.165, 1.54) is 12.8 Å². The summed E-state index contributed by atoms with van der Waals surface area (Å²) in [7, 11) is 1.62. The Labute approximate surface area is 136 Å². The molecule has 0 amide bonds. The van der Waals surface area contributed by atoms with E-state index in [1.807, 2.05) is 30.4 Å². The molecular weight excluding hydrogens is 294 g/mol. The molecule has 0 saturated heterocycles. The summed E-state index contributed by atoms with van der Waals surface area (Å²) in [5.74, 6) is 1.31. The fraction of sp³-hybridized carbons (Fsp3) is 0.556. The van der Waals surface area contributed by atoms with Crippen LogP contribution in [-0.2, 0) is 0 Å². The number of ether oxygens (including phenoxy) is 2. The highest BCUT2D eigenvalue weighted by atomic mass is 16.6. The highest BCUT2D eigenvalue weighted by Gasteiger charge is 2.33. The van der Waals surface area contributed by atoms with E-state index in [2.05, 4.69) is 0 Å². The lowest BCUT2D eigenvalue weighted by molar-refractivity contribution is -0.526. The molecule has 5 nitrogen and oxygen atoms in total. The van der Waals surface area contributed by atoms with E-state index < -0.39 is 6.04 Å². The maximum absolute atomic E-state index is 11.3. The third-order valence-corrected chi connectivity index (χ3v) is 4.88. The van der Waals surface area contributed by atoms with Crippen molar-refractivity contribution >= 4 is 0 Å². The van der Waals surface area contributed by atoms with Crippen molar-refractivity contribution in [1.29, 1.82) is 0 Å². The average molecular weight is 317 g/mol. The van der Waals surface area contributed by atoms with Gasteiger partial charge in [0.2, 0.25) is 6.04 Å². The minimum absolute atomic E-state index is 0.107. The van der Waals surface area contributed by atoms with Crippen molar-refractivity contribution in [2.75, 3.05) is 7.11 Å². The number of hydrogen-bond acceptors (Lipinski definition) is 4. The van der Waals surface area contributed by atoms with Crippen molar-refractivity contribution in [1.82, 2.24) is 0 Å². The average Bonchev–Trinajstić information content (AvgIpc) is 3.08. The van der Waals surface area contributed by atoms with E-state index in [1.54, 1.807) is 7.11 Å². The first-order valence-electron chi connectivity index (χ1n) is 8.32. The quantitative estimate of drug-likeness (QED) is 0.466. The number of methoxy groups -OCH3 is 1. The van der Waals surface area contributed by atoms with Crippen LogP contribution in [0, 0.1) is 10.1 Å². The second-order valence-electron chi connectivity index (χ2n) is 6.34. The molecule has 0 spiro atoms. The second-order valence-corrected chi connectivity index (χ2v) is 6.34. The van der Waals surface area contributed by atoms with Crippen LogP contribution in [0.1, 0.15) is 50.0 Å². The summed E-state index contributed by atoms with van der Waals surface area (Å²) in [5, 5.41) is 11.3. The number of allylic oxidation sites excluding steroid dienone is 1. The smallest absolute Gasteiger partial charge is 0.223 e. The van der Waals surface area contributed by atoms with E-state index in [-0.39, 0.29) is 16.9 Å². The lowest BCUT2D eigenvalue weighted by atomic mass is 9.83. The standard InChI is InChI=1S/C18H23NO4/c1-22-18-12-13(15-8-4-5-9-16(15)19(20)21)10-11-17(18)23-14-6-2-3-7-14/h4-5,10-12,14-16H,2-3,6-9H2,1H3. The Bertz CT molecular complexity index is 593. The monoisotopic (exact) mass is 317 g/mol. The lowest BCUT2D eigenvalue weighted by Gasteiger charge is -2.23. The van der Waals surface area contributed by atoms with E-state index in [9.17, 15) is 10.1 Å². The third-order valence-electron chi connectivity index (χ3n) is 4.88. The van der Waals surface area contributed by atoms with Crippen LogP contribution < -0.4 is 9.47 Å². The van der Waals surface area contributed by atoms with Gasteiger partial charge in [0, 0.05) is 11.3 Å². The molecule has 2 unspecified atom stereocenters. The molecule has 2 atom stereocenters. The van der Waals surface area contributed by atoms with Gasteiger partial charge in [-0.05, 0) is 49.8 Å². The first-order valence-corrected chi connectivity index (χ1v) is 8.32. The predicted molar refractivity (Wildman–Crippen MR) is 87.8 cm³/mol. The van der Waals surface area contributed by atoms with Gasteiger partial charge in [-0.2, -0.15) is 0 Å². The summed E-state index contributed by atoms with van der Waals surface area (Å²) in [6.45, 7) is 0. The van der Waals surface area contributed by atoms with Crippen molar-refractivity contribution in [2.45, 2.75) is 56.6 Å². The predicted octanol–water partition coefficient (Wildman–Crippen LogP) is 4.10. The van der Waals surface area contributed by atoms with Gasteiger partial charge in [0.15, 0.2) is 11.5 Å². The molecular formula is C18H23NO4. The fourth-order valence-corrected chi connectivity index (χ4v) is 3.59. The van der Waals surface area contributed by atoms with Crippen LogP contribution in [0.4, 0.5) is 0 Å². The van der Waals surface area contributed by atoms with Crippen LogP contribution in [0.25, 0.3) is 0 Å². The van der Waals surface area contributed by atoms with E-state index in [4.69, 9.17) is 9.47 Å². The van der Waals surface area contributed by atoms with Crippen LogP contribution in [0.15, 0.2) is 30.4 Å². The molecule has 2 aliphatic rings. The molecule has 0 aliphatic heterocycles. The van der Waals surface area contributed by atoms with Crippen molar-refractivity contribution in [2.24, 2.45) is 0 Å². The topological polar surface area (TPSA) is 61.6 Å². The normalized spacial score (nSPS) is 24.6. The Morgan fingerprint density at radius 3 is 2.57 bits per heavy atom. The van der Waals surface area contributed by atoms with Crippen LogP contribution in [0.5, 0.6) is 11.5 Å². The van der Waals surface area contributed by atoms with Gasteiger partial charge in [-0.1, -0.05) is 18.2 Å². The maximum atomic E-state index is 11.3. The van der Waals surface area contributed by atoms with Gasteiger partial charge in [0.1, 0.15) is 0 Å². The van der Waals surface area contributed by atoms with Gasteiger partial charge in [-0.15, -0.1) is 0 Å². The summed E-state index contributed by atoms with van der Waals surface area (Å²) in [6.07, 6.45) is 9.97. The van der Waals surface area contributed by atoms with Gasteiger partial charge in [-0.3, -0.25) is 10.1 Å². The molecule has 0 heterocycles.